The smallest absolute Gasteiger partial charge is 0.257 e. The van der Waals surface area contributed by atoms with Crippen molar-refractivity contribution in [1.82, 2.24) is 9.80 Å². The third kappa shape index (κ3) is 3.82. The van der Waals surface area contributed by atoms with Gasteiger partial charge in [0.15, 0.2) is 0 Å². The first-order valence-corrected chi connectivity index (χ1v) is 11.6. The maximum absolute atomic E-state index is 13.2. The van der Waals surface area contributed by atoms with Gasteiger partial charge in [-0.05, 0) is 25.8 Å². The van der Waals surface area contributed by atoms with Crippen LogP contribution in [0.2, 0.25) is 0 Å². The second-order valence-corrected chi connectivity index (χ2v) is 10.4. The molecule has 28 heavy (non-hydrogen) atoms. The number of ether oxygens (including phenoxy) is 1. The summed E-state index contributed by atoms with van der Waals surface area (Å²) in [7, 11) is -3.01. The Morgan fingerprint density at radius 2 is 1.86 bits per heavy atom. The molecular formula is C19H26N2O6S. The van der Waals surface area contributed by atoms with Gasteiger partial charge in [-0.25, -0.2) is 8.42 Å². The molecule has 8 nitrogen and oxygen atoms in total. The molecule has 4 rings (SSSR count). The lowest BCUT2D eigenvalue weighted by Crippen LogP contribution is -2.50. The molecule has 9 heteroatoms. The standard InChI is InChI=1S/C19H26N2O6S/c1-13-17(2-5-27-13)19(23)20-8-14-9-21(16(10-20)12-26-11-14)18(22)15-3-6-28(24,25)7-4-15/h2,5,14-16H,3-4,6-12H2,1H3/t14-,16-/m0/s1. The number of carbonyl (C=O) groups is 2. The number of furan rings is 1. The van der Waals surface area contributed by atoms with E-state index in [0.29, 0.717) is 57.0 Å². The minimum absolute atomic E-state index is 0.00388. The highest BCUT2D eigenvalue weighted by Gasteiger charge is 2.40. The van der Waals surface area contributed by atoms with E-state index in [9.17, 15) is 18.0 Å². The summed E-state index contributed by atoms with van der Waals surface area (Å²) in [6, 6.07) is 1.47. The molecule has 2 atom stereocenters. The van der Waals surface area contributed by atoms with E-state index < -0.39 is 9.84 Å². The predicted molar refractivity (Wildman–Crippen MR) is 101 cm³/mol. The zero-order valence-corrected chi connectivity index (χ0v) is 16.8. The lowest BCUT2D eigenvalue weighted by atomic mass is 9.99. The minimum atomic E-state index is -3.01. The van der Waals surface area contributed by atoms with Gasteiger partial charge in [-0.15, -0.1) is 0 Å². The topological polar surface area (TPSA) is 97.1 Å². The zero-order valence-electron chi connectivity index (χ0n) is 16.0. The normalized spacial score (nSPS) is 28.0. The fraction of sp³-hybridized carbons (Fsp3) is 0.684. The summed E-state index contributed by atoms with van der Waals surface area (Å²) in [5.41, 5.74) is 0.552. The maximum Gasteiger partial charge on any atom is 0.257 e. The van der Waals surface area contributed by atoms with E-state index in [1.54, 1.807) is 17.9 Å². The summed E-state index contributed by atoms with van der Waals surface area (Å²) in [4.78, 5) is 29.8. The van der Waals surface area contributed by atoms with Crippen molar-refractivity contribution in [3.05, 3.63) is 23.7 Å². The number of sulfone groups is 1. The SMILES string of the molecule is Cc1occc1C(=O)N1C[C@@H]2COC[C@H](C1)N(C(=O)C1CCS(=O)(=O)CC1)C2. The number of carbonyl (C=O) groups excluding carboxylic acids is 2. The largest absolute Gasteiger partial charge is 0.469 e. The monoisotopic (exact) mass is 410 g/mol. The molecule has 0 spiro atoms. The zero-order chi connectivity index (χ0) is 19.9. The molecule has 3 aliphatic rings. The average Bonchev–Trinajstić information content (AvgIpc) is 2.86. The van der Waals surface area contributed by atoms with Crippen molar-refractivity contribution in [1.29, 1.82) is 0 Å². The van der Waals surface area contributed by atoms with Crippen LogP contribution in [-0.2, 0) is 19.4 Å². The van der Waals surface area contributed by atoms with Crippen molar-refractivity contribution < 1.29 is 27.2 Å². The van der Waals surface area contributed by atoms with Crippen molar-refractivity contribution in [2.45, 2.75) is 25.8 Å². The van der Waals surface area contributed by atoms with Crippen LogP contribution >= 0.6 is 0 Å². The second kappa shape index (κ2) is 7.51. The van der Waals surface area contributed by atoms with Gasteiger partial charge in [0.1, 0.15) is 15.6 Å². The summed E-state index contributed by atoms with van der Waals surface area (Å²) in [6.07, 6.45) is 2.27. The van der Waals surface area contributed by atoms with Gasteiger partial charge >= 0.3 is 0 Å². The lowest BCUT2D eigenvalue weighted by Gasteiger charge is -2.34. The molecule has 154 valence electrons. The van der Waals surface area contributed by atoms with Gasteiger partial charge in [-0.3, -0.25) is 9.59 Å². The molecule has 3 aliphatic heterocycles. The lowest BCUT2D eigenvalue weighted by molar-refractivity contribution is -0.138. The first-order chi connectivity index (χ1) is 13.3. The Kier molecular flexibility index (Phi) is 5.22. The Morgan fingerprint density at radius 3 is 2.54 bits per heavy atom. The highest BCUT2D eigenvalue weighted by atomic mass is 32.2. The van der Waals surface area contributed by atoms with Gasteiger partial charge in [0.2, 0.25) is 5.91 Å². The first kappa shape index (κ1) is 19.4. The highest BCUT2D eigenvalue weighted by molar-refractivity contribution is 7.91. The first-order valence-electron chi connectivity index (χ1n) is 9.76. The molecule has 2 amide bonds. The molecule has 1 aromatic heterocycles. The highest BCUT2D eigenvalue weighted by Crippen LogP contribution is 2.27. The molecule has 0 aromatic carbocycles. The van der Waals surface area contributed by atoms with Gasteiger partial charge in [-0.1, -0.05) is 0 Å². The van der Waals surface area contributed by atoms with E-state index in [4.69, 9.17) is 9.15 Å². The van der Waals surface area contributed by atoms with Crippen LogP contribution in [0.25, 0.3) is 0 Å². The van der Waals surface area contributed by atoms with Crippen LogP contribution in [0.3, 0.4) is 0 Å². The third-order valence-corrected chi connectivity index (χ3v) is 7.75. The van der Waals surface area contributed by atoms with Crippen molar-refractivity contribution in [2.24, 2.45) is 11.8 Å². The van der Waals surface area contributed by atoms with E-state index in [1.165, 1.54) is 6.26 Å². The van der Waals surface area contributed by atoms with Gasteiger partial charge in [-0.2, -0.15) is 0 Å². The Balaban J connectivity index is 1.51. The molecular weight excluding hydrogens is 384 g/mol. The quantitative estimate of drug-likeness (QED) is 0.712. The van der Waals surface area contributed by atoms with Crippen LogP contribution in [0, 0.1) is 18.8 Å². The van der Waals surface area contributed by atoms with E-state index in [2.05, 4.69) is 0 Å². The minimum Gasteiger partial charge on any atom is -0.469 e. The van der Waals surface area contributed by atoms with Crippen molar-refractivity contribution in [3.63, 3.8) is 0 Å². The van der Waals surface area contributed by atoms with Crippen LogP contribution in [0.5, 0.6) is 0 Å². The molecule has 0 aliphatic carbocycles. The van der Waals surface area contributed by atoms with E-state index in [0.717, 1.165) is 0 Å². The number of amides is 2. The molecule has 3 saturated heterocycles. The Hall–Kier alpha value is -1.87. The number of aryl methyl sites for hydroxylation is 1. The molecule has 0 unspecified atom stereocenters. The Bertz CT molecular complexity index is 850. The number of fused-ring (bicyclic) bond motifs is 3. The van der Waals surface area contributed by atoms with Gasteiger partial charge in [0.05, 0.1) is 42.6 Å². The molecule has 0 radical (unpaired) electrons. The van der Waals surface area contributed by atoms with Crippen LogP contribution in [0.4, 0.5) is 0 Å². The van der Waals surface area contributed by atoms with Crippen molar-refractivity contribution in [2.75, 3.05) is 44.4 Å². The predicted octanol–water partition coefficient (Wildman–Crippen LogP) is 0.712. The van der Waals surface area contributed by atoms with Crippen LogP contribution in [0.1, 0.15) is 29.0 Å². The molecule has 4 heterocycles. The average molecular weight is 410 g/mol. The molecule has 2 bridgehead atoms. The van der Waals surface area contributed by atoms with Crippen LogP contribution < -0.4 is 0 Å². The Morgan fingerprint density at radius 1 is 1.11 bits per heavy atom. The molecule has 0 saturated carbocycles. The van der Waals surface area contributed by atoms with Gasteiger partial charge in [0.25, 0.3) is 5.91 Å². The Labute approximate surface area is 164 Å². The van der Waals surface area contributed by atoms with Crippen molar-refractivity contribution >= 4 is 21.7 Å². The molecule has 0 N–H and O–H groups in total. The van der Waals surface area contributed by atoms with Crippen molar-refractivity contribution in [3.8, 4) is 0 Å². The fourth-order valence-corrected chi connectivity index (χ4v) is 5.92. The third-order valence-electron chi connectivity index (χ3n) is 6.03. The number of nitrogens with zero attached hydrogens (tertiary/aromatic N) is 2. The van der Waals surface area contributed by atoms with Crippen LogP contribution in [0.15, 0.2) is 16.7 Å². The summed E-state index contributed by atoms with van der Waals surface area (Å²) >= 11 is 0. The summed E-state index contributed by atoms with van der Waals surface area (Å²) in [6.45, 7) is 4.15. The van der Waals surface area contributed by atoms with Gasteiger partial charge < -0.3 is 19.0 Å². The number of rotatable bonds is 2. The summed E-state index contributed by atoms with van der Waals surface area (Å²) < 4.78 is 34.4. The van der Waals surface area contributed by atoms with E-state index in [-0.39, 0.29) is 41.2 Å². The van der Waals surface area contributed by atoms with E-state index in [1.807, 2.05) is 4.90 Å². The van der Waals surface area contributed by atoms with Gasteiger partial charge in [0, 0.05) is 31.5 Å². The fourth-order valence-electron chi connectivity index (χ4n) is 4.43. The second-order valence-electron chi connectivity index (χ2n) is 8.07. The van der Waals surface area contributed by atoms with Crippen LogP contribution in [-0.4, -0.2) is 80.4 Å². The summed E-state index contributed by atoms with van der Waals surface area (Å²) in [5, 5.41) is 0. The summed E-state index contributed by atoms with van der Waals surface area (Å²) in [5.74, 6) is 0.443. The maximum atomic E-state index is 13.2. The number of hydrogen-bond donors (Lipinski definition) is 0. The van der Waals surface area contributed by atoms with E-state index >= 15 is 0 Å². The molecule has 1 aromatic rings. The molecule has 3 fully saturated rings. The number of hydrogen-bond acceptors (Lipinski definition) is 6.